The topological polar surface area (TPSA) is 71.4 Å². The van der Waals surface area contributed by atoms with Crippen LogP contribution in [0.15, 0.2) is 77.7 Å². The van der Waals surface area contributed by atoms with Crippen LogP contribution in [0.3, 0.4) is 0 Å². The Hall–Kier alpha value is -4.17. The number of aromatic nitrogens is 1. The summed E-state index contributed by atoms with van der Waals surface area (Å²) in [4.78, 5) is 39.6. The normalized spacial score (nSPS) is 14.6. The second kappa shape index (κ2) is 10.7. The summed E-state index contributed by atoms with van der Waals surface area (Å²) in [5, 5.41) is 3.14. The molecule has 4 aromatic rings. The summed E-state index contributed by atoms with van der Waals surface area (Å²) in [7, 11) is 0. The fourth-order valence-electron chi connectivity index (χ4n) is 4.58. The molecule has 0 saturated carbocycles. The molecule has 1 N–H and O–H groups in total. The zero-order chi connectivity index (χ0) is 26.8. The van der Waals surface area contributed by atoms with Crippen molar-refractivity contribution in [3.05, 3.63) is 106 Å². The van der Waals surface area contributed by atoms with E-state index in [1.165, 1.54) is 6.07 Å². The van der Waals surface area contributed by atoms with E-state index in [-0.39, 0.29) is 17.3 Å². The molecule has 5 rings (SSSR count). The number of amides is 3. The number of rotatable bonds is 7. The highest BCUT2D eigenvalue weighted by molar-refractivity contribution is 8.18. The van der Waals surface area contributed by atoms with Crippen LogP contribution in [0.2, 0.25) is 0 Å². The fraction of sp³-hybridized carbons (Fsp3) is 0.167. The van der Waals surface area contributed by atoms with E-state index < -0.39 is 17.1 Å². The van der Waals surface area contributed by atoms with Crippen molar-refractivity contribution < 1.29 is 18.8 Å². The highest BCUT2D eigenvalue weighted by Gasteiger charge is 2.36. The van der Waals surface area contributed by atoms with E-state index in [0.29, 0.717) is 17.8 Å². The molecule has 0 unspecified atom stereocenters. The molecule has 6 nitrogen and oxygen atoms in total. The third-order valence-corrected chi connectivity index (χ3v) is 7.57. The van der Waals surface area contributed by atoms with Crippen molar-refractivity contribution in [2.24, 2.45) is 0 Å². The highest BCUT2D eigenvalue weighted by atomic mass is 32.2. The molecular formula is C30H26FN3O3S. The molecule has 0 radical (unpaired) electrons. The first-order chi connectivity index (χ1) is 18.4. The molecule has 1 fully saturated rings. The lowest BCUT2D eigenvalue weighted by Crippen LogP contribution is -2.36. The molecular weight excluding hydrogens is 501 g/mol. The van der Waals surface area contributed by atoms with Gasteiger partial charge in [0.1, 0.15) is 12.4 Å². The molecule has 3 amide bonds. The van der Waals surface area contributed by atoms with Gasteiger partial charge in [-0.05, 0) is 61.0 Å². The number of fused-ring (bicyclic) bond motifs is 1. The first kappa shape index (κ1) is 25.5. The Bertz CT molecular complexity index is 1590. The standard InChI is InChI=1S/C30H26FN3O3S/c1-3-20-12-14-22(15-13-20)32-28(35)18-34-29(36)27(38-30(34)37)16-24-19(2)33(26-11-7-5-9-23(24)26)17-21-8-4-6-10-25(21)31/h4-16H,3,17-18H2,1-2H3,(H,32,35)/b27-16-. The number of halogens is 1. The molecule has 0 spiro atoms. The van der Waals surface area contributed by atoms with Crippen LogP contribution >= 0.6 is 11.8 Å². The fourth-order valence-corrected chi connectivity index (χ4v) is 5.40. The molecule has 38 heavy (non-hydrogen) atoms. The molecule has 8 heteroatoms. The van der Waals surface area contributed by atoms with Gasteiger partial charge in [-0.1, -0.05) is 55.5 Å². The van der Waals surface area contributed by atoms with Gasteiger partial charge in [-0.25, -0.2) is 4.39 Å². The summed E-state index contributed by atoms with van der Waals surface area (Å²) in [6.07, 6.45) is 2.58. The van der Waals surface area contributed by atoms with E-state index >= 15 is 0 Å². The van der Waals surface area contributed by atoms with Crippen molar-refractivity contribution in [3.8, 4) is 0 Å². The van der Waals surface area contributed by atoms with Crippen molar-refractivity contribution in [2.45, 2.75) is 26.8 Å². The summed E-state index contributed by atoms with van der Waals surface area (Å²) in [5.41, 5.74) is 4.82. The average Bonchev–Trinajstić information content (AvgIpc) is 3.33. The van der Waals surface area contributed by atoms with Crippen molar-refractivity contribution in [1.82, 2.24) is 9.47 Å². The van der Waals surface area contributed by atoms with Gasteiger partial charge in [0.2, 0.25) is 5.91 Å². The molecule has 0 atom stereocenters. The van der Waals surface area contributed by atoms with Crippen molar-refractivity contribution in [1.29, 1.82) is 0 Å². The average molecular weight is 528 g/mol. The summed E-state index contributed by atoms with van der Waals surface area (Å²) in [6, 6.07) is 21.8. The van der Waals surface area contributed by atoms with Gasteiger partial charge in [-0.15, -0.1) is 0 Å². The lowest BCUT2D eigenvalue weighted by Gasteiger charge is -2.12. The first-order valence-corrected chi connectivity index (χ1v) is 13.1. The Kier molecular flexibility index (Phi) is 7.15. The molecule has 192 valence electrons. The van der Waals surface area contributed by atoms with Crippen LogP contribution in [0.1, 0.15) is 29.3 Å². The number of imide groups is 1. The number of hydrogen-bond donors (Lipinski definition) is 1. The number of thioether (sulfide) groups is 1. The maximum absolute atomic E-state index is 14.4. The number of carbonyl (C=O) groups is 3. The number of nitrogens with one attached hydrogen (secondary N) is 1. The lowest BCUT2D eigenvalue weighted by atomic mass is 10.1. The summed E-state index contributed by atoms with van der Waals surface area (Å²) in [5.74, 6) is -1.25. The van der Waals surface area contributed by atoms with Gasteiger partial charge in [0.05, 0.1) is 11.4 Å². The molecule has 0 bridgehead atoms. The van der Waals surface area contributed by atoms with Gasteiger partial charge >= 0.3 is 0 Å². The minimum absolute atomic E-state index is 0.243. The van der Waals surface area contributed by atoms with Crippen molar-refractivity contribution in [2.75, 3.05) is 11.9 Å². The number of aryl methyl sites for hydroxylation is 1. The van der Waals surface area contributed by atoms with Gasteiger partial charge < -0.3 is 9.88 Å². The second-order valence-corrected chi connectivity index (χ2v) is 10.1. The Balaban J connectivity index is 1.40. The lowest BCUT2D eigenvalue weighted by molar-refractivity contribution is -0.127. The van der Waals surface area contributed by atoms with E-state index in [4.69, 9.17) is 0 Å². The third-order valence-electron chi connectivity index (χ3n) is 6.66. The molecule has 1 saturated heterocycles. The van der Waals surface area contributed by atoms with Crippen molar-refractivity contribution >= 4 is 51.5 Å². The molecule has 1 aromatic heterocycles. The van der Waals surface area contributed by atoms with E-state index in [1.54, 1.807) is 36.4 Å². The quantitative estimate of drug-likeness (QED) is 0.283. The van der Waals surface area contributed by atoms with Crippen LogP contribution in [0.5, 0.6) is 0 Å². The van der Waals surface area contributed by atoms with Crippen LogP contribution in [-0.2, 0) is 22.6 Å². The number of para-hydroxylation sites is 1. The number of nitrogens with zero attached hydrogens (tertiary/aromatic N) is 2. The Morgan fingerprint density at radius 2 is 1.71 bits per heavy atom. The monoisotopic (exact) mass is 527 g/mol. The Morgan fingerprint density at radius 3 is 2.45 bits per heavy atom. The van der Waals surface area contributed by atoms with Crippen LogP contribution in [0.4, 0.5) is 14.9 Å². The smallest absolute Gasteiger partial charge is 0.294 e. The van der Waals surface area contributed by atoms with Crippen molar-refractivity contribution in [3.63, 3.8) is 0 Å². The minimum atomic E-state index is -0.512. The molecule has 2 heterocycles. The maximum Gasteiger partial charge on any atom is 0.294 e. The van der Waals surface area contributed by atoms with E-state index in [2.05, 4.69) is 5.32 Å². The number of benzene rings is 3. The SMILES string of the molecule is CCc1ccc(NC(=O)CN2C(=O)S/C(=C\c3c(C)n(Cc4ccccc4F)c4ccccc34)C2=O)cc1. The van der Waals surface area contributed by atoms with E-state index in [1.807, 2.05) is 54.8 Å². The number of anilines is 1. The zero-order valence-corrected chi connectivity index (χ0v) is 21.8. The van der Waals surface area contributed by atoms with Crippen LogP contribution < -0.4 is 5.32 Å². The number of carbonyl (C=O) groups excluding carboxylic acids is 3. The Labute approximate surface area is 224 Å². The van der Waals surface area contributed by atoms with Gasteiger partial charge in [-0.3, -0.25) is 19.3 Å². The third kappa shape index (κ3) is 4.99. The van der Waals surface area contributed by atoms with Gasteiger partial charge in [0.15, 0.2) is 0 Å². The summed E-state index contributed by atoms with van der Waals surface area (Å²) in [6.45, 7) is 3.91. The van der Waals surface area contributed by atoms with Crippen LogP contribution in [0, 0.1) is 12.7 Å². The van der Waals surface area contributed by atoms with Gasteiger partial charge in [-0.2, -0.15) is 0 Å². The molecule has 1 aliphatic heterocycles. The van der Waals surface area contributed by atoms with Gasteiger partial charge in [0.25, 0.3) is 11.1 Å². The molecule has 3 aromatic carbocycles. The minimum Gasteiger partial charge on any atom is -0.340 e. The predicted molar refractivity (Wildman–Crippen MR) is 149 cm³/mol. The predicted octanol–water partition coefficient (Wildman–Crippen LogP) is 6.37. The first-order valence-electron chi connectivity index (χ1n) is 12.3. The number of hydrogen-bond acceptors (Lipinski definition) is 4. The summed E-state index contributed by atoms with van der Waals surface area (Å²) < 4.78 is 16.4. The van der Waals surface area contributed by atoms with E-state index in [0.717, 1.165) is 50.8 Å². The maximum atomic E-state index is 14.4. The van der Waals surface area contributed by atoms with Crippen LogP contribution in [0.25, 0.3) is 17.0 Å². The van der Waals surface area contributed by atoms with Gasteiger partial charge in [0, 0.05) is 33.4 Å². The zero-order valence-electron chi connectivity index (χ0n) is 21.0. The Morgan fingerprint density at radius 1 is 1.00 bits per heavy atom. The highest BCUT2D eigenvalue weighted by Crippen LogP contribution is 2.36. The largest absolute Gasteiger partial charge is 0.340 e. The second-order valence-electron chi connectivity index (χ2n) is 9.06. The van der Waals surface area contributed by atoms with E-state index in [9.17, 15) is 18.8 Å². The molecule has 1 aliphatic rings. The summed E-state index contributed by atoms with van der Waals surface area (Å²) >= 11 is 0.812. The molecule has 0 aliphatic carbocycles. The van der Waals surface area contributed by atoms with Crippen LogP contribution in [-0.4, -0.2) is 33.1 Å².